The topological polar surface area (TPSA) is 207 Å². The Morgan fingerprint density at radius 3 is 0.571 bits per heavy atom. The van der Waals surface area contributed by atoms with Crippen LogP contribution in [0.1, 0.15) is 0 Å². The molecule has 0 fully saturated rings. The second-order valence-electron chi connectivity index (χ2n) is 1.21. The smallest absolute Gasteiger partial charge is 0.309 e. The van der Waals surface area contributed by atoms with E-state index in [4.69, 9.17) is 14.4 Å². The zero-order chi connectivity index (χ0) is 12.7. The summed E-state index contributed by atoms with van der Waals surface area (Å²) in [4.78, 5) is 27.0. The average molecular weight is 208 g/mol. The van der Waals surface area contributed by atoms with Crippen molar-refractivity contribution in [2.75, 3.05) is 0 Å². The van der Waals surface area contributed by atoms with E-state index in [1.165, 1.54) is 0 Å². The molecule has 9 nitrogen and oxygen atoms in total. The van der Waals surface area contributed by atoms with E-state index in [0.29, 0.717) is 0 Å². The molecular weight excluding hydrogens is 192 g/mol. The van der Waals surface area contributed by atoms with Crippen molar-refractivity contribution in [2.45, 2.75) is 0 Å². The minimum absolute atomic E-state index is 0.833. The molecule has 12 N–H and O–H groups in total. The first-order valence-electron chi connectivity index (χ1n) is 2.84. The van der Waals surface area contributed by atoms with Gasteiger partial charge in [-0.3, -0.25) is 0 Å². The fraction of sp³-hybridized carbons (Fsp3) is 0. The zero-order valence-electron chi connectivity index (χ0n) is 7.60. The number of carbonyl (C=O) groups is 3. The number of urea groups is 3. The first kappa shape index (κ1) is 22.6. The van der Waals surface area contributed by atoms with Gasteiger partial charge in [0.1, 0.15) is 0 Å². The molecule has 0 saturated carbocycles. The van der Waals surface area contributed by atoms with Crippen LogP contribution in [-0.2, 0) is 0 Å². The number of rotatable bonds is 0. The van der Waals surface area contributed by atoms with Crippen molar-refractivity contribution >= 4 is 18.1 Å². The molecule has 0 spiro atoms. The third-order valence-corrected chi connectivity index (χ3v) is 0. The Balaban J connectivity index is -0.0000000492. The Bertz CT molecular complexity index is 130. The lowest BCUT2D eigenvalue weighted by molar-refractivity contribution is 0.255. The molecule has 0 rings (SSSR count). The molecule has 0 aromatic rings. The van der Waals surface area contributed by atoms with Crippen molar-refractivity contribution in [3.63, 3.8) is 0 Å². The molecule has 0 aromatic heterocycles. The number of amides is 6. The van der Waals surface area contributed by atoms with E-state index in [1.54, 1.807) is 0 Å². The Morgan fingerprint density at radius 1 is 0.571 bits per heavy atom. The van der Waals surface area contributed by atoms with Crippen LogP contribution in [0.3, 0.4) is 0 Å². The van der Waals surface area contributed by atoms with Gasteiger partial charge in [0.15, 0.2) is 0 Å². The summed E-state index contributed by atoms with van der Waals surface area (Å²) in [6, 6.07) is -2.50. The standard InChI is InChI=1S/C2H4.3CH4N2O/c1-2;3*2-1(3)4/h1-2H2;3*(H4,2,3,4). The molecule has 0 aliphatic heterocycles. The summed E-state index contributed by atoms with van der Waals surface area (Å²) < 4.78 is 0. The molecule has 0 aliphatic rings. The maximum Gasteiger partial charge on any atom is 0.309 e. The molecule has 14 heavy (non-hydrogen) atoms. The monoisotopic (exact) mass is 208 g/mol. The van der Waals surface area contributed by atoms with Crippen LogP contribution in [0.5, 0.6) is 0 Å². The SMILES string of the molecule is C=C.NC(N)=O.NC(N)=O.NC(N)=O. The summed E-state index contributed by atoms with van der Waals surface area (Å²) >= 11 is 0. The van der Waals surface area contributed by atoms with Crippen molar-refractivity contribution in [3.8, 4) is 0 Å². The van der Waals surface area contributed by atoms with E-state index in [-0.39, 0.29) is 0 Å². The van der Waals surface area contributed by atoms with Gasteiger partial charge < -0.3 is 34.4 Å². The molecule has 0 aliphatic carbocycles. The second kappa shape index (κ2) is 22.4. The van der Waals surface area contributed by atoms with Gasteiger partial charge in [0.25, 0.3) is 0 Å². The van der Waals surface area contributed by atoms with E-state index in [1.807, 2.05) is 0 Å². The lowest BCUT2D eigenvalue weighted by atomic mass is 11.2. The third-order valence-electron chi connectivity index (χ3n) is 0. The summed E-state index contributed by atoms with van der Waals surface area (Å²) in [5.41, 5.74) is 25.5. The molecule has 6 amide bonds. The third kappa shape index (κ3) is 116. The van der Waals surface area contributed by atoms with E-state index < -0.39 is 18.1 Å². The molecule has 0 saturated heterocycles. The number of primary amides is 6. The Hall–Kier alpha value is -2.45. The molecule has 9 heteroatoms. The summed E-state index contributed by atoms with van der Waals surface area (Å²) in [6.45, 7) is 6.00. The highest BCUT2D eigenvalue weighted by atomic mass is 16.2. The van der Waals surface area contributed by atoms with Crippen LogP contribution < -0.4 is 34.4 Å². The Labute approximate surface area is 81.1 Å². The number of nitrogens with two attached hydrogens (primary N) is 6. The molecule has 84 valence electrons. The van der Waals surface area contributed by atoms with Crippen LogP contribution in [-0.4, -0.2) is 18.1 Å². The van der Waals surface area contributed by atoms with E-state index >= 15 is 0 Å². The first-order valence-corrected chi connectivity index (χ1v) is 2.84. The van der Waals surface area contributed by atoms with E-state index in [2.05, 4.69) is 47.6 Å². The summed E-state index contributed by atoms with van der Waals surface area (Å²) in [7, 11) is 0. The van der Waals surface area contributed by atoms with Crippen LogP contribution in [0, 0.1) is 0 Å². The molecule has 0 unspecified atom stereocenters. The van der Waals surface area contributed by atoms with Crippen LogP contribution >= 0.6 is 0 Å². The van der Waals surface area contributed by atoms with Gasteiger partial charge in [-0.25, -0.2) is 14.4 Å². The minimum atomic E-state index is -0.833. The van der Waals surface area contributed by atoms with Gasteiger partial charge in [0, 0.05) is 0 Å². The predicted octanol–water partition coefficient (Wildman–Crippen LogP) is -2.13. The van der Waals surface area contributed by atoms with Crippen LogP contribution in [0.25, 0.3) is 0 Å². The van der Waals surface area contributed by atoms with Crippen LogP contribution in [0.2, 0.25) is 0 Å². The maximum atomic E-state index is 9.00. The summed E-state index contributed by atoms with van der Waals surface area (Å²) in [5, 5.41) is 0. The van der Waals surface area contributed by atoms with Crippen molar-refractivity contribution in [2.24, 2.45) is 34.4 Å². The van der Waals surface area contributed by atoms with Crippen LogP contribution in [0.15, 0.2) is 13.2 Å². The second-order valence-corrected chi connectivity index (χ2v) is 1.21. The molecule has 0 heterocycles. The fourth-order valence-electron chi connectivity index (χ4n) is 0. The quantitative estimate of drug-likeness (QED) is 0.247. The minimum Gasteiger partial charge on any atom is -0.352 e. The van der Waals surface area contributed by atoms with Crippen molar-refractivity contribution in [1.82, 2.24) is 0 Å². The Kier molecular flexibility index (Phi) is 36.1. The van der Waals surface area contributed by atoms with Crippen molar-refractivity contribution in [1.29, 1.82) is 0 Å². The lowest BCUT2D eigenvalue weighted by Crippen LogP contribution is -2.18. The van der Waals surface area contributed by atoms with Crippen molar-refractivity contribution < 1.29 is 14.4 Å². The van der Waals surface area contributed by atoms with Gasteiger partial charge in [-0.2, -0.15) is 0 Å². The van der Waals surface area contributed by atoms with Gasteiger partial charge in [0.2, 0.25) is 0 Å². The Morgan fingerprint density at radius 2 is 0.571 bits per heavy atom. The van der Waals surface area contributed by atoms with Gasteiger partial charge in [-0.05, 0) is 0 Å². The largest absolute Gasteiger partial charge is 0.352 e. The summed E-state index contributed by atoms with van der Waals surface area (Å²) in [5.74, 6) is 0. The molecule has 0 atom stereocenters. The van der Waals surface area contributed by atoms with Crippen molar-refractivity contribution in [3.05, 3.63) is 13.2 Å². The van der Waals surface area contributed by atoms with Gasteiger partial charge in [0.05, 0.1) is 0 Å². The number of carbonyl (C=O) groups excluding carboxylic acids is 3. The first-order chi connectivity index (χ1) is 6.20. The molecule has 0 bridgehead atoms. The highest BCUT2D eigenvalue weighted by molar-refractivity contribution is 5.69. The lowest BCUT2D eigenvalue weighted by Gasteiger charge is -1.62. The fourth-order valence-corrected chi connectivity index (χ4v) is 0. The maximum absolute atomic E-state index is 9.00. The molecular formula is C5H16N6O3. The highest BCUT2D eigenvalue weighted by Gasteiger charge is 1.61. The number of hydrogen-bond donors (Lipinski definition) is 6. The summed E-state index contributed by atoms with van der Waals surface area (Å²) in [6.07, 6.45) is 0. The van der Waals surface area contributed by atoms with Gasteiger partial charge in [-0.1, -0.05) is 0 Å². The van der Waals surface area contributed by atoms with E-state index in [9.17, 15) is 0 Å². The highest BCUT2D eigenvalue weighted by Crippen LogP contribution is 1.26. The van der Waals surface area contributed by atoms with Gasteiger partial charge >= 0.3 is 18.1 Å². The predicted molar refractivity (Wildman–Crippen MR) is 52.6 cm³/mol. The van der Waals surface area contributed by atoms with Gasteiger partial charge in [-0.15, -0.1) is 13.2 Å². The average Bonchev–Trinajstić information content (AvgIpc) is 1.86. The van der Waals surface area contributed by atoms with Crippen LogP contribution in [0.4, 0.5) is 14.4 Å². The normalized spacial score (nSPS) is 5.43. The number of hydrogen-bond acceptors (Lipinski definition) is 3. The molecule has 0 aromatic carbocycles. The van der Waals surface area contributed by atoms with E-state index in [0.717, 1.165) is 0 Å². The zero-order valence-corrected chi connectivity index (χ0v) is 7.60. The molecule has 0 radical (unpaired) electrons.